The van der Waals surface area contributed by atoms with Crippen molar-refractivity contribution in [2.45, 2.75) is 18.9 Å². The first kappa shape index (κ1) is 12.9. The van der Waals surface area contributed by atoms with Gasteiger partial charge in [0.05, 0.1) is 12.7 Å². The summed E-state index contributed by atoms with van der Waals surface area (Å²) in [6, 6.07) is 12.9. The average molecular weight is 273 g/mol. The lowest BCUT2D eigenvalue weighted by molar-refractivity contribution is 0.0427. The number of benzene rings is 1. The molecular formula is C16H19NOS. The topological polar surface area (TPSA) is 21.3 Å². The van der Waals surface area contributed by atoms with Crippen LogP contribution in [0.15, 0.2) is 41.8 Å². The molecule has 2 heterocycles. The Bertz CT molecular complexity index is 509. The Morgan fingerprint density at radius 1 is 1.21 bits per heavy atom. The second-order valence-electron chi connectivity index (χ2n) is 4.84. The summed E-state index contributed by atoms with van der Waals surface area (Å²) in [5.41, 5.74) is 2.80. The summed E-state index contributed by atoms with van der Waals surface area (Å²) in [5, 5.41) is 5.65. The van der Waals surface area contributed by atoms with E-state index in [2.05, 4.69) is 47.1 Å². The van der Waals surface area contributed by atoms with Crippen LogP contribution in [-0.2, 0) is 17.6 Å². The highest BCUT2D eigenvalue weighted by atomic mass is 32.1. The van der Waals surface area contributed by atoms with Gasteiger partial charge in [-0.25, -0.2) is 0 Å². The van der Waals surface area contributed by atoms with Gasteiger partial charge in [-0.3, -0.25) is 0 Å². The van der Waals surface area contributed by atoms with E-state index in [4.69, 9.17) is 4.74 Å². The quantitative estimate of drug-likeness (QED) is 0.845. The van der Waals surface area contributed by atoms with Gasteiger partial charge in [0.15, 0.2) is 0 Å². The van der Waals surface area contributed by atoms with Crippen LogP contribution in [0.2, 0.25) is 0 Å². The second kappa shape index (κ2) is 6.33. The first-order valence-corrected chi connectivity index (χ1v) is 7.74. The largest absolute Gasteiger partial charge is 0.372 e. The van der Waals surface area contributed by atoms with Crippen LogP contribution in [0.25, 0.3) is 0 Å². The van der Waals surface area contributed by atoms with E-state index in [-0.39, 0.29) is 6.10 Å². The van der Waals surface area contributed by atoms with Gasteiger partial charge in [0.1, 0.15) is 0 Å². The highest BCUT2D eigenvalue weighted by Crippen LogP contribution is 2.26. The van der Waals surface area contributed by atoms with E-state index in [0.29, 0.717) is 0 Å². The fraction of sp³-hybridized carbons (Fsp3) is 0.375. The zero-order chi connectivity index (χ0) is 12.9. The zero-order valence-corrected chi connectivity index (χ0v) is 11.8. The molecule has 1 aliphatic rings. The van der Waals surface area contributed by atoms with Gasteiger partial charge in [-0.2, -0.15) is 0 Å². The third kappa shape index (κ3) is 3.24. The van der Waals surface area contributed by atoms with Gasteiger partial charge in [-0.05, 0) is 35.4 Å². The highest BCUT2D eigenvalue weighted by molar-refractivity contribution is 7.09. The molecule has 0 fully saturated rings. The summed E-state index contributed by atoms with van der Waals surface area (Å²) in [5.74, 6) is 0. The van der Waals surface area contributed by atoms with Crippen LogP contribution in [0.4, 0.5) is 0 Å². The fourth-order valence-corrected chi connectivity index (χ4v) is 3.25. The fourth-order valence-electron chi connectivity index (χ4n) is 2.55. The third-order valence-electron chi connectivity index (χ3n) is 3.55. The molecule has 0 aliphatic carbocycles. The predicted molar refractivity (Wildman–Crippen MR) is 79.7 cm³/mol. The Morgan fingerprint density at radius 2 is 2.16 bits per heavy atom. The van der Waals surface area contributed by atoms with Crippen molar-refractivity contribution in [3.05, 3.63) is 57.8 Å². The molecule has 1 aromatic carbocycles. The van der Waals surface area contributed by atoms with Crippen LogP contribution in [0.3, 0.4) is 0 Å². The van der Waals surface area contributed by atoms with Crippen molar-refractivity contribution in [2.24, 2.45) is 0 Å². The molecule has 100 valence electrons. The smallest absolute Gasteiger partial charge is 0.0952 e. The molecule has 1 aromatic heterocycles. The molecule has 0 saturated heterocycles. The summed E-state index contributed by atoms with van der Waals surface area (Å²) in [6.45, 7) is 2.76. The van der Waals surface area contributed by atoms with E-state index < -0.39 is 0 Å². The maximum atomic E-state index is 5.88. The summed E-state index contributed by atoms with van der Waals surface area (Å²) in [4.78, 5) is 1.44. The van der Waals surface area contributed by atoms with Crippen molar-refractivity contribution < 1.29 is 4.74 Å². The molecule has 2 aromatic rings. The first-order valence-electron chi connectivity index (χ1n) is 6.86. The van der Waals surface area contributed by atoms with E-state index in [1.807, 2.05) is 11.3 Å². The van der Waals surface area contributed by atoms with Crippen molar-refractivity contribution >= 4 is 11.3 Å². The van der Waals surface area contributed by atoms with E-state index >= 15 is 0 Å². The maximum Gasteiger partial charge on any atom is 0.0952 e. The van der Waals surface area contributed by atoms with Gasteiger partial charge in [-0.15, -0.1) is 11.3 Å². The molecule has 1 N–H and O–H groups in total. The molecule has 0 radical (unpaired) electrons. The number of nitrogens with one attached hydrogen (secondary N) is 1. The number of rotatable bonds is 5. The molecule has 0 saturated carbocycles. The number of hydrogen-bond donors (Lipinski definition) is 1. The standard InChI is InChI=1S/C16H19NOS/c1-2-6-15-13(4-1)8-10-18-16(15)12-17-9-7-14-5-3-11-19-14/h1-6,11,16-17H,7-10,12H2. The summed E-state index contributed by atoms with van der Waals surface area (Å²) in [6.07, 6.45) is 2.36. The molecule has 0 amide bonds. The lowest BCUT2D eigenvalue weighted by Crippen LogP contribution is -2.28. The molecule has 1 atom stereocenters. The Kier molecular flexibility index (Phi) is 4.28. The lowest BCUT2D eigenvalue weighted by atomic mass is 9.97. The molecule has 2 nitrogen and oxygen atoms in total. The number of ether oxygens (including phenoxy) is 1. The SMILES string of the molecule is c1csc(CCNCC2OCCc3ccccc32)c1. The molecule has 3 rings (SSSR count). The minimum atomic E-state index is 0.216. The predicted octanol–water partition coefficient (Wildman–Crippen LogP) is 3.19. The van der Waals surface area contributed by atoms with E-state index in [0.717, 1.165) is 32.5 Å². The summed E-state index contributed by atoms with van der Waals surface area (Å²) >= 11 is 1.83. The number of thiophene rings is 1. The Hall–Kier alpha value is -1.16. The Balaban J connectivity index is 1.51. The maximum absolute atomic E-state index is 5.88. The monoisotopic (exact) mass is 273 g/mol. The zero-order valence-electron chi connectivity index (χ0n) is 11.0. The molecule has 0 bridgehead atoms. The van der Waals surface area contributed by atoms with Gasteiger partial charge in [-0.1, -0.05) is 30.3 Å². The van der Waals surface area contributed by atoms with Crippen LogP contribution < -0.4 is 5.32 Å². The van der Waals surface area contributed by atoms with Gasteiger partial charge >= 0.3 is 0 Å². The van der Waals surface area contributed by atoms with Gasteiger partial charge < -0.3 is 10.1 Å². The second-order valence-corrected chi connectivity index (χ2v) is 5.87. The van der Waals surface area contributed by atoms with Crippen LogP contribution >= 0.6 is 11.3 Å². The molecule has 1 unspecified atom stereocenters. The van der Waals surface area contributed by atoms with Crippen LogP contribution in [0.5, 0.6) is 0 Å². The van der Waals surface area contributed by atoms with Crippen LogP contribution in [0, 0.1) is 0 Å². The van der Waals surface area contributed by atoms with Crippen molar-refractivity contribution in [3.63, 3.8) is 0 Å². The third-order valence-corrected chi connectivity index (χ3v) is 4.49. The molecule has 3 heteroatoms. The average Bonchev–Trinajstić information content (AvgIpc) is 2.97. The molecule has 0 spiro atoms. The number of hydrogen-bond acceptors (Lipinski definition) is 3. The molecular weight excluding hydrogens is 254 g/mol. The first-order chi connectivity index (χ1) is 9.43. The Morgan fingerprint density at radius 3 is 3.05 bits per heavy atom. The van der Waals surface area contributed by atoms with Gasteiger partial charge in [0, 0.05) is 18.0 Å². The Labute approximate surface area is 118 Å². The van der Waals surface area contributed by atoms with E-state index in [1.54, 1.807) is 0 Å². The van der Waals surface area contributed by atoms with Gasteiger partial charge in [0.25, 0.3) is 0 Å². The summed E-state index contributed by atoms with van der Waals surface area (Å²) in [7, 11) is 0. The van der Waals surface area contributed by atoms with Crippen molar-refractivity contribution in [2.75, 3.05) is 19.7 Å². The summed E-state index contributed by atoms with van der Waals surface area (Å²) < 4.78 is 5.88. The highest BCUT2D eigenvalue weighted by Gasteiger charge is 2.19. The van der Waals surface area contributed by atoms with E-state index in [9.17, 15) is 0 Å². The molecule has 1 aliphatic heterocycles. The van der Waals surface area contributed by atoms with Crippen LogP contribution in [0.1, 0.15) is 22.1 Å². The van der Waals surface area contributed by atoms with Gasteiger partial charge in [0.2, 0.25) is 0 Å². The normalized spacial score (nSPS) is 18.2. The van der Waals surface area contributed by atoms with Crippen molar-refractivity contribution in [3.8, 4) is 0 Å². The minimum Gasteiger partial charge on any atom is -0.372 e. The molecule has 19 heavy (non-hydrogen) atoms. The van der Waals surface area contributed by atoms with E-state index in [1.165, 1.54) is 16.0 Å². The van der Waals surface area contributed by atoms with Crippen molar-refractivity contribution in [1.82, 2.24) is 5.32 Å². The van der Waals surface area contributed by atoms with Crippen molar-refractivity contribution in [1.29, 1.82) is 0 Å². The number of fused-ring (bicyclic) bond motifs is 1. The lowest BCUT2D eigenvalue weighted by Gasteiger charge is -2.26. The minimum absolute atomic E-state index is 0.216. The van der Waals surface area contributed by atoms with Crippen LogP contribution in [-0.4, -0.2) is 19.7 Å².